The number of alkyl halides is 6. The number of nitrogens with zero attached hydrogens (tertiary/aromatic N) is 2. The van der Waals surface area contributed by atoms with E-state index in [9.17, 15) is 31.1 Å². The summed E-state index contributed by atoms with van der Waals surface area (Å²) < 4.78 is 88.6. The molecule has 0 spiro atoms. The van der Waals surface area contributed by atoms with Crippen molar-refractivity contribution in [3.05, 3.63) is 53.9 Å². The summed E-state index contributed by atoms with van der Waals surface area (Å²) in [5.74, 6) is -0.297. The van der Waals surface area contributed by atoms with Crippen LogP contribution in [0.2, 0.25) is 0 Å². The van der Waals surface area contributed by atoms with Crippen molar-refractivity contribution in [2.45, 2.75) is 50.2 Å². The van der Waals surface area contributed by atoms with E-state index in [2.05, 4.69) is 26.8 Å². The molecule has 1 fully saturated rings. The summed E-state index contributed by atoms with van der Waals surface area (Å²) in [6.45, 7) is 3.26. The van der Waals surface area contributed by atoms with Gasteiger partial charge in [-0.1, -0.05) is 6.58 Å². The van der Waals surface area contributed by atoms with Crippen molar-refractivity contribution >= 4 is 5.91 Å². The van der Waals surface area contributed by atoms with Crippen molar-refractivity contribution in [3.63, 3.8) is 0 Å². The predicted molar refractivity (Wildman–Crippen MR) is 99.7 cm³/mol. The zero-order valence-corrected chi connectivity index (χ0v) is 17.0. The third-order valence-electron chi connectivity index (χ3n) is 4.74. The molecule has 1 aromatic heterocycles. The van der Waals surface area contributed by atoms with Crippen LogP contribution in [-0.4, -0.2) is 35.2 Å². The highest BCUT2D eigenvalue weighted by Gasteiger charge is 2.42. The van der Waals surface area contributed by atoms with Gasteiger partial charge in [0.05, 0.1) is 11.7 Å². The second kappa shape index (κ2) is 9.81. The summed E-state index contributed by atoms with van der Waals surface area (Å²) in [6, 6.07) is 3.91. The Morgan fingerprint density at radius 3 is 2.39 bits per heavy atom. The molecular weight excluding hydrogens is 460 g/mol. The molecule has 0 saturated heterocycles. The third-order valence-corrected chi connectivity index (χ3v) is 4.74. The molecule has 1 amide bonds. The highest BCUT2D eigenvalue weighted by molar-refractivity contribution is 5.79. The van der Waals surface area contributed by atoms with Crippen LogP contribution >= 0.6 is 0 Å². The number of aromatic nitrogens is 2. The first-order chi connectivity index (χ1) is 15.4. The maximum Gasteiger partial charge on any atom is 0.522 e. The molecule has 0 atom stereocenters. The number of hydrogen-bond acceptors (Lipinski definition) is 6. The number of aryl methyl sites for hydroxylation is 1. The Balaban J connectivity index is 1.35. The number of hydrogen-bond donors (Lipinski definition) is 1. The minimum atomic E-state index is -4.68. The second-order valence-electron chi connectivity index (χ2n) is 7.35. The van der Waals surface area contributed by atoms with E-state index in [-0.39, 0.29) is 49.1 Å². The molecule has 1 N–H and O–H groups in total. The van der Waals surface area contributed by atoms with Gasteiger partial charge in [0, 0.05) is 18.0 Å². The van der Waals surface area contributed by atoms with Gasteiger partial charge >= 0.3 is 12.5 Å². The zero-order valence-electron chi connectivity index (χ0n) is 17.0. The molecule has 1 saturated carbocycles. The molecule has 1 heterocycles. The van der Waals surface area contributed by atoms with E-state index in [1.54, 1.807) is 0 Å². The minimum Gasteiger partial charge on any atom is -0.484 e. The fraction of sp³-hybridized carbons (Fsp3) is 0.450. The summed E-state index contributed by atoms with van der Waals surface area (Å²) in [6.07, 6.45) is -9.33. The number of carbonyl (C=O) groups is 1. The molecular formula is C20H19F6N3O4. The van der Waals surface area contributed by atoms with Crippen LogP contribution in [0.1, 0.15) is 42.5 Å². The monoisotopic (exact) mass is 479 g/mol. The van der Waals surface area contributed by atoms with Crippen molar-refractivity contribution in [2.75, 3.05) is 6.61 Å². The standard InChI is InChI=1S/C20H19F6N3O4/c1-11(27-16(30)10-31-14-5-3-13(4-6-14)19(21,22)23)2-7-17-28-29-18(32-17)12-8-15(9-12)33-20(24,25)26/h3-6,12,15H,1-2,7-10H2,(H,27,30)/t12-,15+. The van der Waals surface area contributed by atoms with Gasteiger partial charge in [-0.15, -0.1) is 23.4 Å². The van der Waals surface area contributed by atoms with Crippen LogP contribution in [0.15, 0.2) is 41.0 Å². The van der Waals surface area contributed by atoms with Crippen molar-refractivity contribution in [3.8, 4) is 5.75 Å². The number of benzene rings is 1. The maximum atomic E-state index is 12.5. The molecule has 1 aliphatic carbocycles. The van der Waals surface area contributed by atoms with Gasteiger partial charge in [0.25, 0.3) is 5.91 Å². The van der Waals surface area contributed by atoms with E-state index in [1.807, 2.05) is 0 Å². The lowest BCUT2D eigenvalue weighted by Crippen LogP contribution is -2.34. The number of allylic oxidation sites excluding steroid dienone is 1. The van der Waals surface area contributed by atoms with E-state index in [0.29, 0.717) is 5.70 Å². The highest BCUT2D eigenvalue weighted by atomic mass is 19.4. The molecule has 0 radical (unpaired) electrons. The van der Waals surface area contributed by atoms with Crippen molar-refractivity contribution in [1.82, 2.24) is 15.5 Å². The average molecular weight is 479 g/mol. The normalized spacial score (nSPS) is 18.5. The summed E-state index contributed by atoms with van der Waals surface area (Å²) >= 11 is 0. The fourth-order valence-corrected chi connectivity index (χ4v) is 3.03. The predicted octanol–water partition coefficient (Wildman–Crippen LogP) is 4.51. The van der Waals surface area contributed by atoms with E-state index >= 15 is 0 Å². The molecule has 3 rings (SSSR count). The lowest BCUT2D eigenvalue weighted by Gasteiger charge is -2.32. The summed E-state index contributed by atoms with van der Waals surface area (Å²) in [5, 5.41) is 10.1. The van der Waals surface area contributed by atoms with E-state index in [1.165, 1.54) is 0 Å². The van der Waals surface area contributed by atoms with Gasteiger partial charge in [-0.05, 0) is 43.5 Å². The van der Waals surface area contributed by atoms with Crippen LogP contribution in [0.3, 0.4) is 0 Å². The Labute approximate surface area is 183 Å². The SMILES string of the molecule is C=C(CCc1nnc([C@H]2C[C@@H](OC(F)(F)F)C2)o1)NC(=O)COc1ccc(C(F)(F)F)cc1. The number of halogens is 6. The maximum absolute atomic E-state index is 12.5. The quantitative estimate of drug-likeness (QED) is 0.533. The van der Waals surface area contributed by atoms with E-state index in [4.69, 9.17) is 9.15 Å². The molecule has 33 heavy (non-hydrogen) atoms. The van der Waals surface area contributed by atoms with Gasteiger partial charge < -0.3 is 14.5 Å². The van der Waals surface area contributed by atoms with Crippen LogP contribution in [-0.2, 0) is 22.1 Å². The average Bonchev–Trinajstić information content (AvgIpc) is 3.14. The molecule has 13 heteroatoms. The van der Waals surface area contributed by atoms with Crippen molar-refractivity contribution < 1.29 is 45.0 Å². The Kier molecular flexibility index (Phi) is 7.30. The van der Waals surface area contributed by atoms with Crippen LogP contribution in [0, 0.1) is 0 Å². The van der Waals surface area contributed by atoms with E-state index in [0.717, 1.165) is 24.3 Å². The Bertz CT molecular complexity index is 965. The minimum absolute atomic E-state index is 0.0982. The fourth-order valence-electron chi connectivity index (χ4n) is 3.03. The van der Waals surface area contributed by atoms with Crippen LogP contribution in [0.25, 0.3) is 0 Å². The summed E-state index contributed by atoms with van der Waals surface area (Å²) in [4.78, 5) is 11.9. The smallest absolute Gasteiger partial charge is 0.484 e. The first kappa shape index (κ1) is 24.6. The first-order valence-electron chi connectivity index (χ1n) is 9.73. The summed E-state index contributed by atoms with van der Waals surface area (Å²) in [5.41, 5.74) is -0.512. The van der Waals surface area contributed by atoms with Gasteiger partial charge in [0.15, 0.2) is 6.61 Å². The molecule has 0 aliphatic heterocycles. The van der Waals surface area contributed by atoms with Crippen molar-refractivity contribution in [2.24, 2.45) is 0 Å². The number of nitrogens with one attached hydrogen (secondary N) is 1. The van der Waals surface area contributed by atoms with Gasteiger partial charge in [-0.25, -0.2) is 0 Å². The van der Waals surface area contributed by atoms with Crippen LogP contribution < -0.4 is 10.1 Å². The Morgan fingerprint density at radius 2 is 1.79 bits per heavy atom. The lowest BCUT2D eigenvalue weighted by molar-refractivity contribution is -0.352. The van der Waals surface area contributed by atoms with Gasteiger partial charge in [0.2, 0.25) is 11.8 Å². The molecule has 0 bridgehead atoms. The number of ether oxygens (including phenoxy) is 2. The number of carbonyl (C=O) groups excluding carboxylic acids is 1. The Morgan fingerprint density at radius 1 is 1.12 bits per heavy atom. The van der Waals surface area contributed by atoms with Gasteiger partial charge in [0.1, 0.15) is 5.75 Å². The van der Waals surface area contributed by atoms with Crippen LogP contribution in [0.5, 0.6) is 5.75 Å². The second-order valence-corrected chi connectivity index (χ2v) is 7.35. The highest BCUT2D eigenvalue weighted by Crippen LogP contribution is 2.40. The molecule has 7 nitrogen and oxygen atoms in total. The lowest BCUT2D eigenvalue weighted by atomic mass is 9.82. The topological polar surface area (TPSA) is 86.5 Å². The van der Waals surface area contributed by atoms with Crippen LogP contribution in [0.4, 0.5) is 26.3 Å². The number of rotatable bonds is 9. The first-order valence-corrected chi connectivity index (χ1v) is 9.73. The van der Waals surface area contributed by atoms with Gasteiger partial charge in [-0.3, -0.25) is 9.53 Å². The molecule has 1 aliphatic rings. The zero-order chi connectivity index (χ0) is 24.2. The van der Waals surface area contributed by atoms with Gasteiger partial charge in [-0.2, -0.15) is 13.2 Å². The molecule has 2 aromatic rings. The molecule has 0 unspecified atom stereocenters. The van der Waals surface area contributed by atoms with Crippen molar-refractivity contribution in [1.29, 1.82) is 0 Å². The number of amides is 1. The summed E-state index contributed by atoms with van der Waals surface area (Å²) in [7, 11) is 0. The van der Waals surface area contributed by atoms with E-state index < -0.39 is 36.7 Å². The molecule has 180 valence electrons. The Hall–Kier alpha value is -3.09. The third kappa shape index (κ3) is 7.48. The largest absolute Gasteiger partial charge is 0.522 e. The molecule has 1 aromatic carbocycles.